The summed E-state index contributed by atoms with van der Waals surface area (Å²) in [5, 5.41) is 0. The second-order valence-corrected chi connectivity index (χ2v) is 4.58. The largest absolute Gasteiger partial charge is 0.466 e. The molecule has 4 nitrogen and oxygen atoms in total. The number of fused-ring (bicyclic) bond motifs is 1. The van der Waals surface area contributed by atoms with E-state index in [-0.39, 0.29) is 5.97 Å². The number of carbonyl (C=O) groups excluding carboxylic acids is 1. The molecular weight excluding hydrogens is 264 g/mol. The Labute approximate surface area is 122 Å². The lowest BCUT2D eigenvalue weighted by molar-refractivity contribution is -0.134. The number of aromatic nitrogens is 2. The number of methoxy groups -OCH3 is 1. The molecule has 3 aromatic rings. The van der Waals surface area contributed by atoms with E-state index in [0.29, 0.717) is 0 Å². The van der Waals surface area contributed by atoms with Crippen LogP contribution < -0.4 is 0 Å². The Kier molecular flexibility index (Phi) is 3.51. The van der Waals surface area contributed by atoms with Crippen molar-refractivity contribution in [2.75, 3.05) is 7.11 Å². The van der Waals surface area contributed by atoms with Gasteiger partial charge in [0.15, 0.2) is 0 Å². The van der Waals surface area contributed by atoms with Crippen molar-refractivity contribution in [2.45, 2.75) is 0 Å². The van der Waals surface area contributed by atoms with E-state index in [1.165, 1.54) is 13.2 Å². The third-order valence-corrected chi connectivity index (χ3v) is 3.19. The van der Waals surface area contributed by atoms with Crippen molar-refractivity contribution in [1.82, 2.24) is 9.97 Å². The molecule has 0 unspecified atom stereocenters. The van der Waals surface area contributed by atoms with Crippen LogP contribution in [0.15, 0.2) is 54.6 Å². The summed E-state index contributed by atoms with van der Waals surface area (Å²) >= 11 is 0. The van der Waals surface area contributed by atoms with E-state index in [9.17, 15) is 4.79 Å². The fourth-order valence-corrected chi connectivity index (χ4v) is 2.07. The molecule has 0 amide bonds. The molecular formula is C17H14N2O2. The van der Waals surface area contributed by atoms with Gasteiger partial charge in [-0.3, -0.25) is 0 Å². The summed E-state index contributed by atoms with van der Waals surface area (Å²) in [6.07, 6.45) is 3.12. The molecule has 2 aromatic carbocycles. The van der Waals surface area contributed by atoms with E-state index in [2.05, 4.69) is 14.7 Å². The molecule has 0 aliphatic rings. The summed E-state index contributed by atoms with van der Waals surface area (Å²) in [6, 6.07) is 15.7. The van der Waals surface area contributed by atoms with Crippen LogP contribution in [0.25, 0.3) is 28.5 Å². The molecule has 1 N–H and O–H groups in total. The van der Waals surface area contributed by atoms with E-state index in [4.69, 9.17) is 0 Å². The van der Waals surface area contributed by atoms with Gasteiger partial charge >= 0.3 is 5.97 Å². The number of ether oxygens (including phenoxy) is 1. The average molecular weight is 278 g/mol. The molecule has 1 aromatic heterocycles. The quantitative estimate of drug-likeness (QED) is 0.590. The Bertz CT molecular complexity index is 768. The number of para-hydroxylation sites is 2. The summed E-state index contributed by atoms with van der Waals surface area (Å²) < 4.78 is 4.56. The van der Waals surface area contributed by atoms with Crippen LogP contribution in [0.4, 0.5) is 0 Å². The molecule has 1 heterocycles. The highest BCUT2D eigenvalue weighted by molar-refractivity contribution is 5.87. The van der Waals surface area contributed by atoms with Crippen molar-refractivity contribution in [3.63, 3.8) is 0 Å². The van der Waals surface area contributed by atoms with Crippen LogP contribution in [0.1, 0.15) is 5.56 Å². The zero-order chi connectivity index (χ0) is 14.7. The van der Waals surface area contributed by atoms with E-state index >= 15 is 0 Å². The van der Waals surface area contributed by atoms with Gasteiger partial charge in [-0.15, -0.1) is 0 Å². The monoisotopic (exact) mass is 278 g/mol. The lowest BCUT2D eigenvalue weighted by Crippen LogP contribution is -1.93. The first-order valence-corrected chi connectivity index (χ1v) is 6.57. The zero-order valence-corrected chi connectivity index (χ0v) is 11.5. The average Bonchev–Trinajstić information content (AvgIpc) is 2.97. The minimum absolute atomic E-state index is 0.364. The van der Waals surface area contributed by atoms with Crippen LogP contribution in [0.3, 0.4) is 0 Å². The number of imidazole rings is 1. The van der Waals surface area contributed by atoms with Crippen molar-refractivity contribution in [2.24, 2.45) is 0 Å². The Balaban J connectivity index is 1.86. The number of hydrogen-bond acceptors (Lipinski definition) is 3. The van der Waals surface area contributed by atoms with Crippen LogP contribution in [0.5, 0.6) is 0 Å². The number of nitrogens with one attached hydrogen (secondary N) is 1. The number of benzene rings is 2. The number of carbonyl (C=O) groups is 1. The van der Waals surface area contributed by atoms with Gasteiger partial charge in [0.2, 0.25) is 0 Å². The van der Waals surface area contributed by atoms with E-state index < -0.39 is 0 Å². The van der Waals surface area contributed by atoms with Gasteiger partial charge in [-0.25, -0.2) is 9.78 Å². The van der Waals surface area contributed by atoms with Gasteiger partial charge in [0, 0.05) is 11.6 Å². The number of esters is 1. The van der Waals surface area contributed by atoms with Gasteiger partial charge in [-0.2, -0.15) is 0 Å². The van der Waals surface area contributed by atoms with Gasteiger partial charge in [0.05, 0.1) is 18.1 Å². The molecule has 0 aliphatic carbocycles. The summed E-state index contributed by atoms with van der Waals surface area (Å²) in [5.74, 6) is 0.469. The molecule has 0 saturated heterocycles. The lowest BCUT2D eigenvalue weighted by atomic mass is 10.1. The predicted molar refractivity (Wildman–Crippen MR) is 82.6 cm³/mol. The third kappa shape index (κ3) is 2.84. The number of H-pyrrole nitrogens is 1. The number of nitrogens with zero attached hydrogens (tertiary/aromatic N) is 1. The van der Waals surface area contributed by atoms with Crippen molar-refractivity contribution >= 4 is 23.1 Å². The summed E-state index contributed by atoms with van der Waals surface area (Å²) in [4.78, 5) is 18.9. The highest BCUT2D eigenvalue weighted by atomic mass is 16.5. The van der Waals surface area contributed by atoms with Crippen molar-refractivity contribution in [3.05, 3.63) is 60.2 Å². The lowest BCUT2D eigenvalue weighted by Gasteiger charge is -1.98. The highest BCUT2D eigenvalue weighted by Gasteiger charge is 2.04. The molecule has 21 heavy (non-hydrogen) atoms. The van der Waals surface area contributed by atoms with Gasteiger partial charge in [-0.05, 0) is 23.8 Å². The van der Waals surface area contributed by atoms with E-state index in [1.807, 2.05) is 48.5 Å². The zero-order valence-electron chi connectivity index (χ0n) is 11.5. The molecule has 0 radical (unpaired) electrons. The van der Waals surface area contributed by atoms with Gasteiger partial charge < -0.3 is 9.72 Å². The van der Waals surface area contributed by atoms with Gasteiger partial charge in [0.25, 0.3) is 0 Å². The smallest absolute Gasteiger partial charge is 0.330 e. The van der Waals surface area contributed by atoms with E-state index in [1.54, 1.807) is 6.08 Å². The van der Waals surface area contributed by atoms with Crippen molar-refractivity contribution in [3.8, 4) is 11.4 Å². The van der Waals surface area contributed by atoms with Gasteiger partial charge in [-0.1, -0.05) is 36.4 Å². The minimum Gasteiger partial charge on any atom is -0.466 e. The van der Waals surface area contributed by atoms with Crippen LogP contribution in [-0.2, 0) is 9.53 Å². The van der Waals surface area contributed by atoms with Crippen LogP contribution in [0, 0.1) is 0 Å². The van der Waals surface area contributed by atoms with Crippen LogP contribution in [-0.4, -0.2) is 23.0 Å². The fraction of sp³-hybridized carbons (Fsp3) is 0.0588. The standard InChI is InChI=1S/C17H14N2O2/c1-21-16(20)11-8-12-6-9-13(10-7-12)17-18-14-4-2-3-5-15(14)19-17/h2-11H,1H3,(H,18,19)/b11-8+. The maximum atomic E-state index is 11.0. The topological polar surface area (TPSA) is 55.0 Å². The van der Waals surface area contributed by atoms with Gasteiger partial charge in [0.1, 0.15) is 5.82 Å². The normalized spacial score (nSPS) is 11.1. The molecule has 0 fully saturated rings. The molecule has 0 spiro atoms. The Morgan fingerprint density at radius 2 is 1.90 bits per heavy atom. The Hall–Kier alpha value is -2.88. The number of aromatic amines is 1. The fourth-order valence-electron chi connectivity index (χ4n) is 2.07. The minimum atomic E-state index is -0.364. The number of hydrogen-bond donors (Lipinski definition) is 1. The first kappa shape index (κ1) is 13.1. The molecule has 3 rings (SSSR count). The van der Waals surface area contributed by atoms with Crippen LogP contribution >= 0.6 is 0 Å². The highest BCUT2D eigenvalue weighted by Crippen LogP contribution is 2.20. The second kappa shape index (κ2) is 5.63. The summed E-state index contributed by atoms with van der Waals surface area (Å²) in [6.45, 7) is 0. The SMILES string of the molecule is COC(=O)/C=C/c1ccc(-c2nc3ccccc3[nH]2)cc1. The Morgan fingerprint density at radius 1 is 1.14 bits per heavy atom. The molecule has 0 atom stereocenters. The molecule has 4 heteroatoms. The summed E-state index contributed by atoms with van der Waals surface area (Å²) in [7, 11) is 1.36. The number of rotatable bonds is 3. The molecule has 104 valence electrons. The Morgan fingerprint density at radius 3 is 2.62 bits per heavy atom. The van der Waals surface area contributed by atoms with Crippen molar-refractivity contribution in [1.29, 1.82) is 0 Å². The molecule has 0 bridgehead atoms. The maximum Gasteiger partial charge on any atom is 0.330 e. The second-order valence-electron chi connectivity index (χ2n) is 4.58. The predicted octanol–water partition coefficient (Wildman–Crippen LogP) is 3.42. The summed E-state index contributed by atoms with van der Waals surface area (Å²) in [5.41, 5.74) is 3.89. The maximum absolute atomic E-state index is 11.0. The van der Waals surface area contributed by atoms with Crippen LogP contribution in [0.2, 0.25) is 0 Å². The van der Waals surface area contributed by atoms with Crippen molar-refractivity contribution < 1.29 is 9.53 Å². The first-order chi connectivity index (χ1) is 10.3. The van der Waals surface area contributed by atoms with E-state index in [0.717, 1.165) is 28.0 Å². The third-order valence-electron chi connectivity index (χ3n) is 3.19. The molecule has 0 saturated carbocycles. The first-order valence-electron chi connectivity index (χ1n) is 6.57. The molecule has 0 aliphatic heterocycles.